The summed E-state index contributed by atoms with van der Waals surface area (Å²) in [6, 6.07) is 70.7. The van der Waals surface area contributed by atoms with Crippen LogP contribution in [-0.2, 0) is 5.41 Å². The summed E-state index contributed by atoms with van der Waals surface area (Å²) in [5.74, 6) is 0. The molecule has 0 amide bonds. The van der Waals surface area contributed by atoms with E-state index in [0.29, 0.717) is 0 Å². The molecule has 58 heavy (non-hydrogen) atoms. The van der Waals surface area contributed by atoms with Crippen LogP contribution in [0.2, 0.25) is 0 Å². The highest BCUT2D eigenvalue weighted by Gasteiger charge is 2.35. The Morgan fingerprint density at radius 1 is 0.431 bits per heavy atom. The van der Waals surface area contributed by atoms with Crippen LogP contribution in [0.25, 0.3) is 82.5 Å². The molecule has 0 bridgehead atoms. The molecule has 0 aliphatic heterocycles. The number of aromatic nitrogens is 1. The van der Waals surface area contributed by atoms with Crippen LogP contribution in [0.15, 0.2) is 199 Å². The number of para-hydroxylation sites is 3. The van der Waals surface area contributed by atoms with Crippen molar-refractivity contribution in [1.29, 1.82) is 0 Å². The van der Waals surface area contributed by atoms with Gasteiger partial charge in [-0.3, -0.25) is 0 Å². The van der Waals surface area contributed by atoms with Gasteiger partial charge >= 0.3 is 0 Å². The van der Waals surface area contributed by atoms with Crippen LogP contribution in [0.5, 0.6) is 0 Å². The molecule has 0 fully saturated rings. The highest BCUT2D eigenvalue weighted by Crippen LogP contribution is 2.51. The van der Waals surface area contributed by atoms with E-state index >= 15 is 0 Å². The van der Waals surface area contributed by atoms with Gasteiger partial charge < -0.3 is 13.9 Å². The molecular weight excluding hydrogens is 705 g/mol. The smallest absolute Gasteiger partial charge is 0.136 e. The summed E-state index contributed by atoms with van der Waals surface area (Å²) in [6.45, 7) is 4.71. The molecule has 0 radical (unpaired) electrons. The van der Waals surface area contributed by atoms with Crippen molar-refractivity contribution in [1.82, 2.24) is 4.57 Å². The Morgan fingerprint density at radius 2 is 1.07 bits per heavy atom. The highest BCUT2D eigenvalue weighted by atomic mass is 16.3. The van der Waals surface area contributed by atoms with Crippen LogP contribution in [-0.4, -0.2) is 4.57 Å². The first kappa shape index (κ1) is 32.8. The van der Waals surface area contributed by atoms with Crippen LogP contribution in [0.4, 0.5) is 17.1 Å². The Bertz CT molecular complexity index is 3380. The Balaban J connectivity index is 1.04. The molecule has 0 N–H and O–H groups in total. The van der Waals surface area contributed by atoms with E-state index in [9.17, 15) is 0 Å². The van der Waals surface area contributed by atoms with Gasteiger partial charge in [-0.15, -0.1) is 0 Å². The van der Waals surface area contributed by atoms with Crippen molar-refractivity contribution in [2.24, 2.45) is 0 Å². The zero-order valence-corrected chi connectivity index (χ0v) is 32.3. The van der Waals surface area contributed by atoms with Gasteiger partial charge in [0.2, 0.25) is 0 Å². The van der Waals surface area contributed by atoms with Crippen molar-refractivity contribution in [2.75, 3.05) is 4.90 Å². The van der Waals surface area contributed by atoms with Gasteiger partial charge in [0.15, 0.2) is 0 Å². The minimum absolute atomic E-state index is 0.126. The summed E-state index contributed by atoms with van der Waals surface area (Å²) in [7, 11) is 0. The molecule has 1 aliphatic rings. The molecule has 2 aromatic heterocycles. The first-order valence-corrected chi connectivity index (χ1v) is 20.1. The number of benzene rings is 9. The summed E-state index contributed by atoms with van der Waals surface area (Å²) in [4.78, 5) is 2.42. The van der Waals surface area contributed by atoms with Gasteiger partial charge in [0.25, 0.3) is 0 Å². The van der Waals surface area contributed by atoms with Crippen molar-refractivity contribution in [3.63, 3.8) is 0 Å². The third-order valence-electron chi connectivity index (χ3n) is 12.6. The van der Waals surface area contributed by atoms with E-state index in [-0.39, 0.29) is 5.41 Å². The normalized spacial score (nSPS) is 13.1. The fourth-order valence-corrected chi connectivity index (χ4v) is 9.87. The lowest BCUT2D eigenvalue weighted by atomic mass is 9.82. The lowest BCUT2D eigenvalue weighted by molar-refractivity contribution is 0.660. The van der Waals surface area contributed by atoms with Crippen molar-refractivity contribution in [3.8, 4) is 27.9 Å². The van der Waals surface area contributed by atoms with Crippen molar-refractivity contribution >= 4 is 71.6 Å². The molecular formula is C55H38N2O. The monoisotopic (exact) mass is 742 g/mol. The van der Waals surface area contributed by atoms with Crippen LogP contribution >= 0.6 is 0 Å². The second-order valence-corrected chi connectivity index (χ2v) is 16.1. The Hall–Kier alpha value is -7.36. The number of hydrogen-bond donors (Lipinski definition) is 0. The van der Waals surface area contributed by atoms with Gasteiger partial charge in [-0.1, -0.05) is 141 Å². The van der Waals surface area contributed by atoms with E-state index in [2.05, 4.69) is 211 Å². The molecule has 3 heteroatoms. The Kier molecular flexibility index (Phi) is 6.98. The molecule has 0 unspecified atom stereocenters. The van der Waals surface area contributed by atoms with Crippen LogP contribution in [0.1, 0.15) is 25.0 Å². The first-order valence-electron chi connectivity index (χ1n) is 20.1. The van der Waals surface area contributed by atoms with Crippen LogP contribution in [0.3, 0.4) is 0 Å². The number of rotatable bonds is 5. The summed E-state index contributed by atoms with van der Waals surface area (Å²) in [5, 5.41) is 7.23. The third kappa shape index (κ3) is 4.74. The highest BCUT2D eigenvalue weighted by molar-refractivity contribution is 6.22. The molecule has 0 spiro atoms. The van der Waals surface area contributed by atoms with Gasteiger partial charge in [0.1, 0.15) is 11.2 Å². The maximum atomic E-state index is 6.34. The zero-order valence-electron chi connectivity index (χ0n) is 32.3. The van der Waals surface area contributed by atoms with Gasteiger partial charge in [-0.05, 0) is 105 Å². The number of furan rings is 1. The average molecular weight is 743 g/mol. The lowest BCUT2D eigenvalue weighted by Gasteiger charge is -2.28. The minimum atomic E-state index is -0.126. The number of fused-ring (bicyclic) bond motifs is 11. The van der Waals surface area contributed by atoms with Crippen LogP contribution in [0, 0.1) is 0 Å². The molecule has 274 valence electrons. The molecule has 11 aromatic rings. The molecule has 1 aliphatic carbocycles. The van der Waals surface area contributed by atoms with Crippen molar-refractivity contribution in [2.45, 2.75) is 19.3 Å². The maximum Gasteiger partial charge on any atom is 0.136 e. The Labute approximate surface area is 336 Å². The SMILES string of the molecule is CC1(C)c2ccccc2-c2ccc(N(c3ccc(-c4cccc5ccc6oc7ccccc7c6c45)cc3)c3cccc(-n4c5ccccc5c5ccccc54)c3)cc21. The topological polar surface area (TPSA) is 21.3 Å². The van der Waals surface area contributed by atoms with E-state index in [1.807, 2.05) is 6.07 Å². The summed E-state index contributed by atoms with van der Waals surface area (Å²) in [5.41, 5.74) is 16.2. The Morgan fingerprint density at radius 3 is 1.88 bits per heavy atom. The standard InChI is InChI=1S/C55H38N2O/c1-55(2)47-21-7-3-16-42(47)43-31-30-40(34-48(43)55)56(38-14-12-15-39(33-38)57-49-22-8-4-17-44(49)45-18-5-9-23-50(45)57)37-28-25-35(26-29-37)41-20-11-13-36-27-32-52-54(53(36)41)46-19-6-10-24-51(46)58-52/h3-34H,1-2H3. The van der Waals surface area contributed by atoms with Gasteiger partial charge in [-0.2, -0.15) is 0 Å². The number of nitrogens with zero attached hydrogens (tertiary/aromatic N) is 2. The molecule has 12 rings (SSSR count). The predicted octanol–water partition coefficient (Wildman–Crippen LogP) is 15.3. The predicted molar refractivity (Wildman–Crippen MR) is 243 cm³/mol. The third-order valence-corrected chi connectivity index (χ3v) is 12.6. The fourth-order valence-electron chi connectivity index (χ4n) is 9.87. The molecule has 0 atom stereocenters. The van der Waals surface area contributed by atoms with E-state index in [1.54, 1.807) is 0 Å². The van der Waals surface area contributed by atoms with Crippen LogP contribution < -0.4 is 4.90 Å². The summed E-state index contributed by atoms with van der Waals surface area (Å²) < 4.78 is 8.74. The van der Waals surface area contributed by atoms with Gasteiger partial charge in [-0.25, -0.2) is 0 Å². The molecule has 0 saturated carbocycles. The fraction of sp³-hybridized carbons (Fsp3) is 0.0545. The summed E-state index contributed by atoms with van der Waals surface area (Å²) >= 11 is 0. The van der Waals surface area contributed by atoms with E-state index in [0.717, 1.165) is 50.3 Å². The number of anilines is 3. The van der Waals surface area contributed by atoms with E-state index in [4.69, 9.17) is 4.42 Å². The van der Waals surface area contributed by atoms with E-state index in [1.165, 1.54) is 60.4 Å². The number of hydrogen-bond acceptors (Lipinski definition) is 2. The largest absolute Gasteiger partial charge is 0.456 e. The zero-order chi connectivity index (χ0) is 38.5. The second-order valence-electron chi connectivity index (χ2n) is 16.1. The lowest BCUT2D eigenvalue weighted by Crippen LogP contribution is -2.16. The van der Waals surface area contributed by atoms with E-state index < -0.39 is 0 Å². The first-order chi connectivity index (χ1) is 28.5. The summed E-state index contributed by atoms with van der Waals surface area (Å²) in [6.07, 6.45) is 0. The van der Waals surface area contributed by atoms with Crippen molar-refractivity contribution in [3.05, 3.63) is 205 Å². The molecule has 9 aromatic carbocycles. The quantitative estimate of drug-likeness (QED) is 0.175. The molecule has 0 saturated heterocycles. The molecule has 2 heterocycles. The second kappa shape index (κ2) is 12.3. The maximum absolute atomic E-state index is 6.34. The molecule has 3 nitrogen and oxygen atoms in total. The van der Waals surface area contributed by atoms with Gasteiger partial charge in [0, 0.05) is 55.1 Å². The average Bonchev–Trinajstić information content (AvgIpc) is 3.90. The van der Waals surface area contributed by atoms with Crippen molar-refractivity contribution < 1.29 is 4.42 Å². The van der Waals surface area contributed by atoms with Gasteiger partial charge in [0.05, 0.1) is 11.0 Å². The minimum Gasteiger partial charge on any atom is -0.456 e.